The molecule has 0 aromatic carbocycles. The Balaban J connectivity index is 4.32. The summed E-state index contributed by atoms with van der Waals surface area (Å²) in [6.07, 6.45) is 6.26. The summed E-state index contributed by atoms with van der Waals surface area (Å²) >= 11 is 0. The predicted octanol–water partition coefficient (Wildman–Crippen LogP) is 0.951. The van der Waals surface area contributed by atoms with Crippen molar-refractivity contribution in [3.63, 3.8) is 0 Å². The number of urea groups is 1. The van der Waals surface area contributed by atoms with E-state index in [-0.39, 0.29) is 0 Å². The zero-order valence-corrected chi connectivity index (χ0v) is 9.83. The molecule has 1 unspecified atom stereocenters. The number of carbonyl (C=O) groups is 2. The average Bonchev–Trinajstić information content (AvgIpc) is 2.16. The summed E-state index contributed by atoms with van der Waals surface area (Å²) in [5.74, 6) is 1.34. The number of hydrogen-bond acceptors (Lipinski definition) is 2. The normalized spacial score (nSPS) is 12.4. The van der Waals surface area contributed by atoms with Crippen molar-refractivity contribution in [1.29, 1.82) is 0 Å². The van der Waals surface area contributed by atoms with E-state index in [9.17, 15) is 9.59 Å². The summed E-state index contributed by atoms with van der Waals surface area (Å²) in [5.41, 5.74) is -0.792. The van der Waals surface area contributed by atoms with Crippen molar-refractivity contribution in [2.75, 3.05) is 0 Å². The van der Waals surface area contributed by atoms with E-state index in [0.717, 1.165) is 0 Å². The first kappa shape index (κ1) is 14.3. The van der Waals surface area contributed by atoms with Gasteiger partial charge in [-0.3, -0.25) is 0 Å². The van der Waals surface area contributed by atoms with Crippen LogP contribution in [-0.2, 0) is 4.79 Å². The fourth-order valence-corrected chi connectivity index (χ4v) is 1.06. The number of carboxylic acids is 1. The molecule has 90 valence electrons. The molecule has 0 aliphatic heterocycles. The molecule has 0 radical (unpaired) electrons. The lowest BCUT2D eigenvalue weighted by atomic mass is 10.1. The molecule has 0 fully saturated rings. The first-order valence-electron chi connectivity index (χ1n) is 5.11. The lowest BCUT2D eigenvalue weighted by Crippen LogP contribution is -2.52. The maximum absolute atomic E-state index is 11.4. The molecule has 0 saturated heterocycles. The first-order valence-corrected chi connectivity index (χ1v) is 5.11. The van der Waals surface area contributed by atoms with Crippen molar-refractivity contribution < 1.29 is 14.7 Å². The smallest absolute Gasteiger partial charge is 0.326 e. The van der Waals surface area contributed by atoms with Crippen molar-refractivity contribution in [2.45, 2.75) is 45.2 Å². The third-order valence-electron chi connectivity index (χ3n) is 1.97. The van der Waals surface area contributed by atoms with Crippen LogP contribution in [0.4, 0.5) is 4.79 Å². The van der Waals surface area contributed by atoms with Gasteiger partial charge in [-0.2, -0.15) is 0 Å². The molecule has 2 amide bonds. The summed E-state index contributed by atoms with van der Waals surface area (Å²) in [4.78, 5) is 22.2. The number of hydrogen-bond donors (Lipinski definition) is 3. The van der Waals surface area contributed by atoms with Crippen LogP contribution in [0.5, 0.6) is 0 Å². The molecule has 0 aromatic rings. The predicted molar refractivity (Wildman–Crippen MR) is 60.9 cm³/mol. The minimum absolute atomic E-state index is 0.388. The second kappa shape index (κ2) is 6.01. The summed E-state index contributed by atoms with van der Waals surface area (Å²) in [7, 11) is 0. The fraction of sp³-hybridized carbons (Fsp3) is 0.636. The van der Waals surface area contributed by atoms with Crippen molar-refractivity contribution in [2.24, 2.45) is 0 Å². The molecular weight excluding hydrogens is 208 g/mol. The average molecular weight is 226 g/mol. The van der Waals surface area contributed by atoms with E-state index < -0.39 is 23.6 Å². The molecule has 0 rings (SSSR count). The van der Waals surface area contributed by atoms with E-state index in [1.807, 2.05) is 6.92 Å². The van der Waals surface area contributed by atoms with Crippen LogP contribution in [0, 0.1) is 12.3 Å². The zero-order chi connectivity index (χ0) is 12.8. The Bertz CT molecular complexity index is 305. The summed E-state index contributed by atoms with van der Waals surface area (Å²) in [6.45, 7) is 5.16. The van der Waals surface area contributed by atoms with Gasteiger partial charge in [0.25, 0.3) is 0 Å². The van der Waals surface area contributed by atoms with Gasteiger partial charge >= 0.3 is 12.0 Å². The number of carboxylic acid groups (broad SMARTS) is 1. The standard InChI is InChI=1S/C11H18N2O3/c1-5-7-8(9(14)15)12-10(16)13-11(3,4)6-2/h2,8H,5,7H2,1,3-4H3,(H,14,15)(H2,12,13,16). The van der Waals surface area contributed by atoms with E-state index >= 15 is 0 Å². The van der Waals surface area contributed by atoms with Gasteiger partial charge in [-0.15, -0.1) is 6.42 Å². The number of rotatable bonds is 5. The van der Waals surface area contributed by atoms with Crippen LogP contribution in [0.3, 0.4) is 0 Å². The Hall–Kier alpha value is -1.70. The first-order chi connectivity index (χ1) is 7.32. The van der Waals surface area contributed by atoms with Crippen LogP contribution >= 0.6 is 0 Å². The van der Waals surface area contributed by atoms with Gasteiger partial charge in [-0.05, 0) is 20.3 Å². The van der Waals surface area contributed by atoms with Crippen molar-refractivity contribution in [1.82, 2.24) is 10.6 Å². The summed E-state index contributed by atoms with van der Waals surface area (Å²) in [6, 6.07) is -1.44. The maximum atomic E-state index is 11.4. The van der Waals surface area contributed by atoms with Gasteiger partial charge in [0, 0.05) is 0 Å². The van der Waals surface area contributed by atoms with Crippen LogP contribution in [0.15, 0.2) is 0 Å². The minimum atomic E-state index is -1.05. The second-order valence-electron chi connectivity index (χ2n) is 4.05. The van der Waals surface area contributed by atoms with E-state index in [0.29, 0.717) is 12.8 Å². The van der Waals surface area contributed by atoms with E-state index in [2.05, 4.69) is 16.6 Å². The van der Waals surface area contributed by atoms with Crippen molar-refractivity contribution in [3.05, 3.63) is 0 Å². The molecule has 0 aliphatic carbocycles. The zero-order valence-electron chi connectivity index (χ0n) is 9.83. The SMILES string of the molecule is C#CC(C)(C)NC(=O)NC(CCC)C(=O)O. The van der Waals surface area contributed by atoms with Crippen LogP contribution < -0.4 is 10.6 Å². The molecule has 1 atom stereocenters. The molecule has 0 heterocycles. The Morgan fingerprint density at radius 3 is 2.44 bits per heavy atom. The third kappa shape index (κ3) is 5.25. The van der Waals surface area contributed by atoms with Crippen LogP contribution in [0.25, 0.3) is 0 Å². The highest BCUT2D eigenvalue weighted by Gasteiger charge is 2.22. The van der Waals surface area contributed by atoms with E-state index in [1.54, 1.807) is 13.8 Å². The molecule has 3 N–H and O–H groups in total. The number of carbonyl (C=O) groups excluding carboxylic acids is 1. The van der Waals surface area contributed by atoms with Gasteiger partial charge in [-0.1, -0.05) is 19.3 Å². The monoisotopic (exact) mass is 226 g/mol. The van der Waals surface area contributed by atoms with E-state index in [1.165, 1.54) is 0 Å². The number of aliphatic carboxylic acids is 1. The van der Waals surface area contributed by atoms with Gasteiger partial charge in [0.15, 0.2) is 0 Å². The summed E-state index contributed by atoms with van der Waals surface area (Å²) in [5, 5.41) is 13.7. The summed E-state index contributed by atoms with van der Waals surface area (Å²) < 4.78 is 0. The lowest BCUT2D eigenvalue weighted by Gasteiger charge is -2.21. The van der Waals surface area contributed by atoms with Gasteiger partial charge in [0.05, 0.1) is 5.54 Å². The van der Waals surface area contributed by atoms with Gasteiger partial charge in [0.2, 0.25) is 0 Å². The van der Waals surface area contributed by atoms with Gasteiger partial charge in [0.1, 0.15) is 6.04 Å². The molecule has 5 heteroatoms. The van der Waals surface area contributed by atoms with Gasteiger partial charge < -0.3 is 15.7 Å². The third-order valence-corrected chi connectivity index (χ3v) is 1.97. The van der Waals surface area contributed by atoms with Crippen molar-refractivity contribution in [3.8, 4) is 12.3 Å². The minimum Gasteiger partial charge on any atom is -0.480 e. The number of nitrogens with one attached hydrogen (secondary N) is 2. The van der Waals surface area contributed by atoms with Crippen LogP contribution in [-0.4, -0.2) is 28.7 Å². The number of amides is 2. The maximum Gasteiger partial charge on any atom is 0.326 e. The second-order valence-corrected chi connectivity index (χ2v) is 4.05. The Morgan fingerprint density at radius 2 is 2.06 bits per heavy atom. The molecule has 0 saturated carbocycles. The topological polar surface area (TPSA) is 78.4 Å². The fourth-order valence-electron chi connectivity index (χ4n) is 1.06. The van der Waals surface area contributed by atoms with Gasteiger partial charge in [-0.25, -0.2) is 9.59 Å². The quantitative estimate of drug-likeness (QED) is 0.611. The van der Waals surface area contributed by atoms with E-state index in [4.69, 9.17) is 11.5 Å². The molecule has 0 spiro atoms. The number of terminal acetylenes is 1. The molecular formula is C11H18N2O3. The molecule has 16 heavy (non-hydrogen) atoms. The lowest BCUT2D eigenvalue weighted by molar-refractivity contribution is -0.139. The largest absolute Gasteiger partial charge is 0.480 e. The highest BCUT2D eigenvalue weighted by atomic mass is 16.4. The van der Waals surface area contributed by atoms with Crippen molar-refractivity contribution >= 4 is 12.0 Å². The van der Waals surface area contributed by atoms with Crippen LogP contribution in [0.2, 0.25) is 0 Å². The van der Waals surface area contributed by atoms with Crippen LogP contribution in [0.1, 0.15) is 33.6 Å². The Morgan fingerprint density at radius 1 is 1.50 bits per heavy atom. The Kier molecular flexibility index (Phi) is 5.37. The molecule has 5 nitrogen and oxygen atoms in total. The molecule has 0 aliphatic rings. The highest BCUT2D eigenvalue weighted by Crippen LogP contribution is 2.00. The Labute approximate surface area is 95.6 Å². The molecule has 0 bridgehead atoms. The molecule has 0 aromatic heterocycles. The highest BCUT2D eigenvalue weighted by molar-refractivity contribution is 5.83.